The van der Waals surface area contributed by atoms with Crippen molar-refractivity contribution in [2.24, 2.45) is 5.41 Å². The number of aromatic nitrogens is 1. The molecular weight excluding hydrogens is 284 g/mol. The van der Waals surface area contributed by atoms with Gasteiger partial charge < -0.3 is 5.32 Å². The molecule has 1 aliphatic carbocycles. The summed E-state index contributed by atoms with van der Waals surface area (Å²) in [6.07, 6.45) is 4.83. The van der Waals surface area contributed by atoms with Gasteiger partial charge >= 0.3 is 0 Å². The third kappa shape index (κ3) is 3.76. The fraction of sp³-hybridized carbons (Fsp3) is 0.647. The topological polar surface area (TPSA) is 42.0 Å². The van der Waals surface area contributed by atoms with Crippen molar-refractivity contribution in [2.45, 2.75) is 58.8 Å². The Bertz CT molecular complexity index is 525. The molecule has 1 saturated carbocycles. The lowest BCUT2D eigenvalue weighted by Crippen LogP contribution is -2.41. The molecule has 1 aliphatic rings. The molecule has 116 valence electrons. The minimum atomic E-state index is -0.126. The zero-order chi connectivity index (χ0) is 15.7. The highest BCUT2D eigenvalue weighted by molar-refractivity contribution is 6.29. The van der Waals surface area contributed by atoms with Crippen LogP contribution in [0.25, 0.3) is 0 Å². The molecule has 0 unspecified atom stereocenters. The molecule has 1 amide bonds. The standard InChI is InChI=1S/C17H25ClN2O/c1-5-17(7-6-8-17)11-19-15(21)12-9-13(16(2,3)4)20-14(18)10-12/h9-10H,5-8,11H2,1-4H3,(H,19,21). The predicted octanol–water partition coefficient (Wildman–Crippen LogP) is 4.34. The number of hydrogen-bond donors (Lipinski definition) is 1. The van der Waals surface area contributed by atoms with Gasteiger partial charge in [-0.1, -0.05) is 45.7 Å². The summed E-state index contributed by atoms with van der Waals surface area (Å²) in [5.41, 5.74) is 1.64. The van der Waals surface area contributed by atoms with E-state index in [-0.39, 0.29) is 11.3 Å². The van der Waals surface area contributed by atoms with E-state index in [1.807, 2.05) is 6.07 Å². The van der Waals surface area contributed by atoms with Crippen LogP contribution in [0.15, 0.2) is 12.1 Å². The lowest BCUT2D eigenvalue weighted by Gasteiger charge is -2.41. The molecule has 0 aromatic carbocycles. The first-order chi connectivity index (χ1) is 9.76. The van der Waals surface area contributed by atoms with Gasteiger partial charge in [-0.15, -0.1) is 0 Å². The van der Waals surface area contributed by atoms with E-state index in [0.29, 0.717) is 16.1 Å². The number of carbonyl (C=O) groups excluding carboxylic acids is 1. The Hall–Kier alpha value is -1.09. The molecule has 1 aromatic rings. The van der Waals surface area contributed by atoms with Crippen molar-refractivity contribution in [1.29, 1.82) is 0 Å². The van der Waals surface area contributed by atoms with E-state index in [1.54, 1.807) is 6.07 Å². The molecule has 21 heavy (non-hydrogen) atoms. The van der Waals surface area contributed by atoms with E-state index in [0.717, 1.165) is 18.7 Å². The van der Waals surface area contributed by atoms with E-state index in [1.165, 1.54) is 19.3 Å². The fourth-order valence-corrected chi connectivity index (χ4v) is 2.92. The molecule has 4 heteroatoms. The number of hydrogen-bond acceptors (Lipinski definition) is 2. The molecule has 0 aliphatic heterocycles. The van der Waals surface area contributed by atoms with Crippen LogP contribution in [0.3, 0.4) is 0 Å². The normalized spacial score (nSPS) is 17.2. The summed E-state index contributed by atoms with van der Waals surface area (Å²) in [6.45, 7) is 9.15. The number of halogens is 1. The van der Waals surface area contributed by atoms with Gasteiger partial charge in [-0.3, -0.25) is 4.79 Å². The van der Waals surface area contributed by atoms with Gasteiger partial charge in [0.1, 0.15) is 5.15 Å². The number of pyridine rings is 1. The van der Waals surface area contributed by atoms with E-state index < -0.39 is 0 Å². The Balaban J connectivity index is 2.10. The van der Waals surface area contributed by atoms with Gasteiger partial charge in [0.2, 0.25) is 0 Å². The molecule has 2 rings (SSSR count). The first-order valence-electron chi connectivity index (χ1n) is 7.72. The van der Waals surface area contributed by atoms with Crippen LogP contribution >= 0.6 is 11.6 Å². The highest BCUT2D eigenvalue weighted by atomic mass is 35.5. The third-order valence-corrected chi connectivity index (χ3v) is 4.81. The molecule has 0 bridgehead atoms. The van der Waals surface area contributed by atoms with Crippen LogP contribution < -0.4 is 5.32 Å². The number of nitrogens with zero attached hydrogens (tertiary/aromatic N) is 1. The van der Waals surface area contributed by atoms with E-state index >= 15 is 0 Å². The Kier molecular flexibility index (Phi) is 4.62. The maximum Gasteiger partial charge on any atom is 0.251 e. The zero-order valence-electron chi connectivity index (χ0n) is 13.4. The minimum Gasteiger partial charge on any atom is -0.351 e. The summed E-state index contributed by atoms with van der Waals surface area (Å²) >= 11 is 6.06. The molecule has 1 aromatic heterocycles. The van der Waals surface area contributed by atoms with Gasteiger partial charge in [0.15, 0.2) is 0 Å². The molecule has 3 nitrogen and oxygen atoms in total. The van der Waals surface area contributed by atoms with Crippen molar-refractivity contribution in [2.75, 3.05) is 6.54 Å². The van der Waals surface area contributed by atoms with Gasteiger partial charge in [-0.05, 0) is 36.8 Å². The van der Waals surface area contributed by atoms with Crippen LogP contribution in [0.2, 0.25) is 5.15 Å². The number of amides is 1. The Morgan fingerprint density at radius 1 is 1.38 bits per heavy atom. The average Bonchev–Trinajstić information content (AvgIpc) is 2.36. The largest absolute Gasteiger partial charge is 0.351 e. The molecule has 0 saturated heterocycles. The first-order valence-corrected chi connectivity index (χ1v) is 8.10. The van der Waals surface area contributed by atoms with Crippen LogP contribution in [0.4, 0.5) is 0 Å². The van der Waals surface area contributed by atoms with Crippen LogP contribution in [0.5, 0.6) is 0 Å². The molecule has 0 spiro atoms. The van der Waals surface area contributed by atoms with Crippen molar-refractivity contribution in [3.8, 4) is 0 Å². The van der Waals surface area contributed by atoms with E-state index in [4.69, 9.17) is 11.6 Å². The Labute approximate surface area is 132 Å². The van der Waals surface area contributed by atoms with Crippen molar-refractivity contribution in [1.82, 2.24) is 10.3 Å². The molecule has 0 radical (unpaired) electrons. The number of carbonyl (C=O) groups is 1. The SMILES string of the molecule is CCC1(CNC(=O)c2cc(Cl)nc(C(C)(C)C)c2)CCC1. The highest BCUT2D eigenvalue weighted by Crippen LogP contribution is 2.43. The molecule has 0 atom stereocenters. The fourth-order valence-electron chi connectivity index (χ4n) is 2.71. The second-order valence-electron chi connectivity index (χ2n) is 7.20. The Morgan fingerprint density at radius 3 is 2.52 bits per heavy atom. The van der Waals surface area contributed by atoms with Gasteiger partial charge in [-0.2, -0.15) is 0 Å². The molecule has 1 heterocycles. The summed E-state index contributed by atoms with van der Waals surface area (Å²) in [5.74, 6) is -0.0514. The maximum atomic E-state index is 12.4. The smallest absolute Gasteiger partial charge is 0.251 e. The molecular formula is C17H25ClN2O. The van der Waals surface area contributed by atoms with Gasteiger partial charge in [0, 0.05) is 23.2 Å². The predicted molar refractivity (Wildman–Crippen MR) is 86.9 cm³/mol. The van der Waals surface area contributed by atoms with Crippen molar-refractivity contribution < 1.29 is 4.79 Å². The van der Waals surface area contributed by atoms with Crippen molar-refractivity contribution in [3.05, 3.63) is 28.5 Å². The van der Waals surface area contributed by atoms with Gasteiger partial charge in [0.25, 0.3) is 5.91 Å². The van der Waals surface area contributed by atoms with Crippen LogP contribution in [-0.4, -0.2) is 17.4 Å². The quantitative estimate of drug-likeness (QED) is 0.841. The van der Waals surface area contributed by atoms with Crippen LogP contribution in [0, 0.1) is 5.41 Å². The van der Waals surface area contributed by atoms with Crippen LogP contribution in [0.1, 0.15) is 69.4 Å². The monoisotopic (exact) mass is 308 g/mol. The molecule has 1 fully saturated rings. The van der Waals surface area contributed by atoms with Crippen molar-refractivity contribution >= 4 is 17.5 Å². The lowest BCUT2D eigenvalue weighted by atomic mass is 9.67. The lowest BCUT2D eigenvalue weighted by molar-refractivity contribution is 0.0850. The van der Waals surface area contributed by atoms with Crippen molar-refractivity contribution in [3.63, 3.8) is 0 Å². The van der Waals surface area contributed by atoms with Crippen LogP contribution in [-0.2, 0) is 5.41 Å². The summed E-state index contributed by atoms with van der Waals surface area (Å²) in [4.78, 5) is 16.7. The second-order valence-corrected chi connectivity index (χ2v) is 7.59. The highest BCUT2D eigenvalue weighted by Gasteiger charge is 2.35. The summed E-state index contributed by atoms with van der Waals surface area (Å²) in [6, 6.07) is 3.49. The first kappa shape index (κ1) is 16.3. The summed E-state index contributed by atoms with van der Waals surface area (Å²) in [7, 11) is 0. The van der Waals surface area contributed by atoms with E-state index in [2.05, 4.69) is 38.0 Å². The average molecular weight is 309 g/mol. The maximum absolute atomic E-state index is 12.4. The van der Waals surface area contributed by atoms with Gasteiger partial charge in [-0.25, -0.2) is 4.98 Å². The second kappa shape index (κ2) is 5.96. The number of nitrogens with one attached hydrogen (secondary N) is 1. The zero-order valence-corrected chi connectivity index (χ0v) is 14.2. The summed E-state index contributed by atoms with van der Waals surface area (Å²) in [5, 5.41) is 3.45. The molecule has 1 N–H and O–H groups in total. The Morgan fingerprint density at radius 2 is 2.05 bits per heavy atom. The van der Waals surface area contributed by atoms with E-state index in [9.17, 15) is 4.79 Å². The minimum absolute atomic E-state index is 0.0514. The third-order valence-electron chi connectivity index (χ3n) is 4.61. The number of rotatable bonds is 4. The summed E-state index contributed by atoms with van der Waals surface area (Å²) < 4.78 is 0. The van der Waals surface area contributed by atoms with Gasteiger partial charge in [0.05, 0.1) is 0 Å².